The van der Waals surface area contributed by atoms with Crippen LogP contribution in [0.4, 0.5) is 28.9 Å². The van der Waals surface area contributed by atoms with Gasteiger partial charge in [0.15, 0.2) is 10.9 Å². The van der Waals surface area contributed by atoms with Crippen molar-refractivity contribution in [1.82, 2.24) is 39.5 Å². The van der Waals surface area contributed by atoms with Gasteiger partial charge in [-0.15, -0.1) is 0 Å². The number of benzene rings is 2. The van der Waals surface area contributed by atoms with E-state index in [1.165, 1.54) is 29.5 Å². The fourth-order valence-corrected chi connectivity index (χ4v) is 9.61. The zero-order valence-corrected chi connectivity index (χ0v) is 28.4. The van der Waals surface area contributed by atoms with E-state index >= 15 is 4.39 Å². The fraction of sp³-hybridized carbons (Fsp3) is 0.455. The van der Waals surface area contributed by atoms with Crippen LogP contribution in [-0.2, 0) is 0 Å². The lowest BCUT2D eigenvalue weighted by molar-refractivity contribution is 0.0189. The number of carbonyl (C=O) groups is 1. The molecular weight excluding hydrogens is 693 g/mol. The molecule has 17 heteroatoms. The minimum absolute atomic E-state index is 0.0121. The van der Waals surface area contributed by atoms with E-state index in [1.54, 1.807) is 11.0 Å². The molecule has 7 heterocycles. The highest BCUT2D eigenvalue weighted by Crippen LogP contribution is 2.46. The Balaban J connectivity index is 1.11. The molecule has 50 heavy (non-hydrogen) atoms. The highest BCUT2D eigenvalue weighted by atomic mass is 35.5. The van der Waals surface area contributed by atoms with Crippen molar-refractivity contribution in [2.24, 2.45) is 5.41 Å². The zero-order valence-electron chi connectivity index (χ0n) is 26.8. The van der Waals surface area contributed by atoms with Crippen LogP contribution < -0.4 is 15.4 Å². The third-order valence-corrected chi connectivity index (χ3v) is 11.9. The topological polar surface area (TPSA) is 131 Å². The first-order valence-electron chi connectivity index (χ1n) is 16.6. The number of nitrogens with zero attached hydrogens (tertiary/aromatic N) is 9. The second-order valence-electron chi connectivity index (χ2n) is 14.0. The molecule has 5 aromatic rings. The van der Waals surface area contributed by atoms with E-state index in [1.807, 2.05) is 0 Å². The minimum Gasteiger partial charge on any atom is -0.461 e. The molecule has 0 saturated carbocycles. The lowest BCUT2D eigenvalue weighted by Crippen LogP contribution is -2.65. The molecule has 9 rings (SSSR count). The summed E-state index contributed by atoms with van der Waals surface area (Å²) in [4.78, 5) is 36.5. The van der Waals surface area contributed by atoms with Gasteiger partial charge in [0.1, 0.15) is 42.6 Å². The van der Waals surface area contributed by atoms with Crippen molar-refractivity contribution in [3.8, 4) is 17.1 Å². The van der Waals surface area contributed by atoms with Gasteiger partial charge in [0.05, 0.1) is 20.8 Å². The third-order valence-electron chi connectivity index (χ3n) is 10.8. The molecule has 260 valence electrons. The molecule has 2 N–H and O–H groups in total. The fourth-order valence-electron chi connectivity index (χ4n) is 8.55. The molecule has 3 aromatic heterocycles. The van der Waals surface area contributed by atoms with Crippen molar-refractivity contribution in [2.75, 3.05) is 56.5 Å². The molecule has 4 saturated heterocycles. The number of alkyl halides is 1. The second kappa shape index (κ2) is 11.6. The number of likely N-dealkylation sites (tertiary alicyclic amines) is 1. The number of aromatic nitrogens is 6. The standard InChI is InChI=1S/C33H32ClF3N10O2S/c34-21-9-20-25(24(37)23(21)19-3-4-22(36)27-26(19)41-29(38)50-27)42-30(49-15-33-6-2-8-46(33)11-18(35)10-33)43-28(20)44-7-1-5-32(12-44)13-45(14-32)31(48)47-17-39-16-40-47/h3-4,9,16-18H,1-2,5-8,10-15H2,(H2,38,41)/t18-,33+/m1/s1. The van der Waals surface area contributed by atoms with E-state index in [0.29, 0.717) is 50.3 Å². The number of rotatable bonds is 5. The van der Waals surface area contributed by atoms with E-state index in [0.717, 1.165) is 43.6 Å². The highest BCUT2D eigenvalue weighted by Gasteiger charge is 2.50. The number of carbonyl (C=O) groups excluding carboxylic acids is 1. The van der Waals surface area contributed by atoms with Gasteiger partial charge < -0.3 is 20.3 Å². The molecule has 2 aromatic carbocycles. The van der Waals surface area contributed by atoms with Gasteiger partial charge >= 0.3 is 12.0 Å². The Kier molecular flexibility index (Phi) is 7.37. The average Bonchev–Trinajstić information content (AvgIpc) is 3.88. The Hall–Kier alpha value is -4.28. The van der Waals surface area contributed by atoms with Gasteiger partial charge in [-0.3, -0.25) is 4.90 Å². The van der Waals surface area contributed by atoms with Crippen LogP contribution in [-0.4, -0.2) is 103 Å². The molecule has 0 aliphatic carbocycles. The number of hydrogen-bond acceptors (Lipinski definition) is 11. The minimum atomic E-state index is -0.940. The lowest BCUT2D eigenvalue weighted by atomic mass is 9.73. The van der Waals surface area contributed by atoms with E-state index in [2.05, 4.69) is 29.9 Å². The summed E-state index contributed by atoms with van der Waals surface area (Å²) in [5.41, 5.74) is 5.74. The number of nitrogens with two attached hydrogens (primary N) is 1. The summed E-state index contributed by atoms with van der Waals surface area (Å²) in [5, 5.41) is 4.57. The maximum atomic E-state index is 17.0. The Morgan fingerprint density at radius 3 is 2.76 bits per heavy atom. The van der Waals surface area contributed by atoms with Gasteiger partial charge in [-0.25, -0.2) is 27.9 Å². The van der Waals surface area contributed by atoms with Gasteiger partial charge in [0, 0.05) is 61.1 Å². The first-order valence-corrected chi connectivity index (χ1v) is 17.8. The summed E-state index contributed by atoms with van der Waals surface area (Å²) in [5.74, 6) is -0.795. The quantitative estimate of drug-likeness (QED) is 0.247. The number of ether oxygens (including phenoxy) is 1. The first-order chi connectivity index (χ1) is 24.1. The van der Waals surface area contributed by atoms with Crippen molar-refractivity contribution in [3.05, 3.63) is 47.5 Å². The Bertz CT molecular complexity index is 2160. The summed E-state index contributed by atoms with van der Waals surface area (Å²) in [6.07, 6.45) is 5.57. The predicted octanol–water partition coefficient (Wildman–Crippen LogP) is 5.54. The maximum Gasteiger partial charge on any atom is 0.346 e. The van der Waals surface area contributed by atoms with Crippen LogP contribution in [0.1, 0.15) is 32.1 Å². The number of thiazole rings is 1. The second-order valence-corrected chi connectivity index (χ2v) is 15.4. The Labute approximate surface area is 293 Å². The van der Waals surface area contributed by atoms with Crippen LogP contribution in [0.2, 0.25) is 5.02 Å². The molecule has 0 unspecified atom stereocenters. The molecule has 4 aliphatic rings. The molecule has 12 nitrogen and oxygen atoms in total. The van der Waals surface area contributed by atoms with Gasteiger partial charge in [-0.1, -0.05) is 22.9 Å². The smallest absolute Gasteiger partial charge is 0.346 e. The van der Waals surface area contributed by atoms with Crippen LogP contribution in [0.15, 0.2) is 30.9 Å². The maximum absolute atomic E-state index is 17.0. The van der Waals surface area contributed by atoms with E-state index in [4.69, 9.17) is 27.1 Å². The van der Waals surface area contributed by atoms with Gasteiger partial charge in [-0.05, 0) is 50.4 Å². The molecular formula is C33H32ClF3N10O2S. The summed E-state index contributed by atoms with van der Waals surface area (Å²) in [7, 11) is 0. The highest BCUT2D eigenvalue weighted by molar-refractivity contribution is 7.22. The molecule has 4 aliphatic heterocycles. The predicted molar refractivity (Wildman–Crippen MR) is 182 cm³/mol. The van der Waals surface area contributed by atoms with Crippen molar-refractivity contribution in [2.45, 2.75) is 43.8 Å². The summed E-state index contributed by atoms with van der Waals surface area (Å²) in [6, 6.07) is 4.04. The van der Waals surface area contributed by atoms with Crippen LogP contribution in [0.25, 0.3) is 32.2 Å². The average molecular weight is 725 g/mol. The SMILES string of the molecule is Nc1nc2c(-c3c(Cl)cc4c(N5CCCC6(CN(C(=O)n7cncn7)C6)C5)nc(OC[C@@]56CCCN5C[C@H](F)C6)nc4c3F)ccc(F)c2s1. The van der Waals surface area contributed by atoms with Gasteiger partial charge in [-0.2, -0.15) is 19.7 Å². The van der Waals surface area contributed by atoms with Crippen molar-refractivity contribution >= 4 is 61.0 Å². The van der Waals surface area contributed by atoms with Crippen molar-refractivity contribution in [1.29, 1.82) is 0 Å². The number of nitrogen functional groups attached to an aromatic ring is 1. The monoisotopic (exact) mass is 724 g/mol. The largest absolute Gasteiger partial charge is 0.461 e. The number of hydrogen-bond donors (Lipinski definition) is 1. The first kappa shape index (κ1) is 31.7. The van der Waals surface area contributed by atoms with Crippen LogP contribution in [0.5, 0.6) is 6.01 Å². The number of anilines is 2. The van der Waals surface area contributed by atoms with Crippen LogP contribution in [0.3, 0.4) is 0 Å². The molecule has 4 fully saturated rings. The number of amides is 1. The van der Waals surface area contributed by atoms with Crippen LogP contribution >= 0.6 is 22.9 Å². The van der Waals surface area contributed by atoms with E-state index < -0.39 is 23.3 Å². The summed E-state index contributed by atoms with van der Waals surface area (Å²) < 4.78 is 54.0. The summed E-state index contributed by atoms with van der Waals surface area (Å²) >= 11 is 7.84. The van der Waals surface area contributed by atoms with Gasteiger partial charge in [0.25, 0.3) is 0 Å². The number of fused-ring (bicyclic) bond motifs is 3. The van der Waals surface area contributed by atoms with Crippen molar-refractivity contribution < 1.29 is 22.7 Å². The number of halogens is 4. The van der Waals surface area contributed by atoms with Gasteiger partial charge in [0.2, 0.25) is 0 Å². The lowest BCUT2D eigenvalue weighted by Gasteiger charge is -2.54. The molecule has 2 atom stereocenters. The Morgan fingerprint density at radius 1 is 1.10 bits per heavy atom. The Morgan fingerprint density at radius 2 is 1.94 bits per heavy atom. The van der Waals surface area contributed by atoms with E-state index in [-0.39, 0.29) is 61.1 Å². The third kappa shape index (κ3) is 5.05. The van der Waals surface area contributed by atoms with E-state index in [9.17, 15) is 13.6 Å². The van der Waals surface area contributed by atoms with Crippen molar-refractivity contribution in [3.63, 3.8) is 0 Å². The number of piperidine rings is 1. The zero-order chi connectivity index (χ0) is 34.4. The van der Waals surface area contributed by atoms with Crippen LogP contribution in [0, 0.1) is 17.0 Å². The normalized spacial score (nSPS) is 23.2. The molecule has 1 amide bonds. The molecule has 0 bridgehead atoms. The molecule has 1 spiro atoms. The molecule has 0 radical (unpaired) electrons. The summed E-state index contributed by atoms with van der Waals surface area (Å²) in [6.45, 7) is 3.55.